The molecule has 1 saturated heterocycles. The number of aromatic nitrogens is 4. The summed E-state index contributed by atoms with van der Waals surface area (Å²) in [6, 6.07) is 3.98. The Bertz CT molecular complexity index is 1450. The van der Waals surface area contributed by atoms with Gasteiger partial charge in [0.25, 0.3) is 5.92 Å². The molecule has 0 unspecified atom stereocenters. The number of amides is 1. The maximum atomic E-state index is 13.6. The van der Waals surface area contributed by atoms with Crippen LogP contribution in [0.2, 0.25) is 0 Å². The molecule has 0 aromatic carbocycles. The minimum atomic E-state index is -2.77. The number of likely N-dealkylation sites (tertiary alicyclic amines) is 1. The molecule has 1 fully saturated rings. The monoisotopic (exact) mass is 497 g/mol. The fourth-order valence-corrected chi connectivity index (χ4v) is 6.40. The van der Waals surface area contributed by atoms with Crippen LogP contribution in [0.4, 0.5) is 26.0 Å². The molecule has 0 spiro atoms. The van der Waals surface area contributed by atoms with Gasteiger partial charge < -0.3 is 15.1 Å². The first kappa shape index (κ1) is 22.1. The summed E-state index contributed by atoms with van der Waals surface area (Å²) in [6.07, 6.45) is 6.92. The lowest BCUT2D eigenvalue weighted by Gasteiger charge is -2.26. The fraction of sp³-hybridized carbons (Fsp3) is 0.417. The zero-order valence-electron chi connectivity index (χ0n) is 19.5. The van der Waals surface area contributed by atoms with Crippen LogP contribution in [0.25, 0.3) is 15.7 Å². The molecule has 1 aliphatic carbocycles. The highest BCUT2D eigenvalue weighted by Crippen LogP contribution is 2.42. The summed E-state index contributed by atoms with van der Waals surface area (Å²) >= 11 is 1.57. The summed E-state index contributed by atoms with van der Waals surface area (Å²) in [7, 11) is 3.95. The maximum absolute atomic E-state index is 13.6. The van der Waals surface area contributed by atoms with E-state index in [9.17, 15) is 13.6 Å². The number of fused-ring (bicyclic) bond motifs is 4. The molecule has 4 aromatic heterocycles. The highest BCUT2D eigenvalue weighted by molar-refractivity contribution is 7.19. The number of halogens is 2. The van der Waals surface area contributed by atoms with E-state index in [0.29, 0.717) is 19.3 Å². The molecule has 5 heterocycles. The third kappa shape index (κ3) is 3.87. The Balaban J connectivity index is 1.32. The SMILES string of the molecule is CN(C)c1cn2nccc2cc1Nc1ncnc2sc3c(c12)CC[C@H](C(=O)N1CCC(F)(F)C1)C3. The van der Waals surface area contributed by atoms with Crippen molar-refractivity contribution >= 4 is 50.2 Å². The molecule has 182 valence electrons. The van der Waals surface area contributed by atoms with Crippen LogP contribution in [0.15, 0.2) is 30.9 Å². The van der Waals surface area contributed by atoms with E-state index in [4.69, 9.17) is 0 Å². The lowest BCUT2D eigenvalue weighted by Crippen LogP contribution is -2.38. The molecule has 1 aliphatic heterocycles. The highest BCUT2D eigenvalue weighted by atomic mass is 32.1. The van der Waals surface area contributed by atoms with E-state index in [2.05, 4.69) is 20.4 Å². The average molecular weight is 498 g/mol. The minimum Gasteiger partial charge on any atom is -0.375 e. The van der Waals surface area contributed by atoms with Crippen LogP contribution in [-0.2, 0) is 17.6 Å². The van der Waals surface area contributed by atoms with Crippen molar-refractivity contribution in [2.45, 2.75) is 31.6 Å². The molecule has 1 amide bonds. The lowest BCUT2D eigenvalue weighted by molar-refractivity contribution is -0.136. The Morgan fingerprint density at radius 1 is 1.31 bits per heavy atom. The number of carbonyl (C=O) groups excluding carboxylic acids is 1. The first-order valence-corrected chi connectivity index (χ1v) is 12.4. The molecular formula is C24H25F2N7OS. The second-order valence-corrected chi connectivity index (χ2v) is 10.6. The smallest absolute Gasteiger partial charge is 0.267 e. The number of anilines is 3. The van der Waals surface area contributed by atoms with Crippen LogP contribution in [0.1, 0.15) is 23.3 Å². The number of nitrogens with zero attached hydrogens (tertiary/aromatic N) is 6. The molecular weight excluding hydrogens is 472 g/mol. The van der Waals surface area contributed by atoms with Crippen LogP contribution in [-0.4, -0.2) is 63.5 Å². The van der Waals surface area contributed by atoms with Crippen molar-refractivity contribution in [3.63, 3.8) is 0 Å². The Morgan fingerprint density at radius 3 is 2.94 bits per heavy atom. The van der Waals surface area contributed by atoms with Gasteiger partial charge in [0.05, 0.1) is 35.0 Å². The van der Waals surface area contributed by atoms with Crippen LogP contribution >= 0.6 is 11.3 Å². The van der Waals surface area contributed by atoms with Crippen molar-refractivity contribution in [3.05, 3.63) is 41.3 Å². The van der Waals surface area contributed by atoms with Gasteiger partial charge in [-0.3, -0.25) is 4.79 Å². The number of alkyl halides is 2. The van der Waals surface area contributed by atoms with Gasteiger partial charge in [0, 0.05) is 44.1 Å². The van der Waals surface area contributed by atoms with Gasteiger partial charge in [-0.05, 0) is 37.0 Å². The Kier molecular flexibility index (Phi) is 5.13. The summed E-state index contributed by atoms with van der Waals surface area (Å²) in [6.45, 7) is -0.326. The van der Waals surface area contributed by atoms with E-state index in [-0.39, 0.29) is 24.8 Å². The Hall–Kier alpha value is -3.34. The number of thiophene rings is 1. The van der Waals surface area contributed by atoms with Gasteiger partial charge in [0.15, 0.2) is 0 Å². The predicted molar refractivity (Wildman–Crippen MR) is 132 cm³/mol. The standard InChI is InChI=1S/C24H25F2N7OS/c1-31(2)18-11-33-15(5-7-29-33)10-17(18)30-21-20-16-4-3-14(9-19(16)35-22(20)28-13-27-21)23(34)32-8-6-24(25,26)12-32/h5,7,10-11,13-14H,3-4,6,8-9,12H2,1-2H3,(H,27,28,30)/t14-/m0/s1. The molecule has 0 radical (unpaired) electrons. The van der Waals surface area contributed by atoms with E-state index in [0.717, 1.165) is 43.4 Å². The van der Waals surface area contributed by atoms with E-state index in [1.807, 2.05) is 41.8 Å². The van der Waals surface area contributed by atoms with Crippen molar-refractivity contribution in [3.8, 4) is 0 Å². The molecule has 0 saturated carbocycles. The largest absolute Gasteiger partial charge is 0.375 e. The van der Waals surface area contributed by atoms with Gasteiger partial charge >= 0.3 is 0 Å². The molecule has 4 aromatic rings. The van der Waals surface area contributed by atoms with Crippen LogP contribution in [0.3, 0.4) is 0 Å². The van der Waals surface area contributed by atoms with E-state index in [1.54, 1.807) is 23.9 Å². The zero-order valence-corrected chi connectivity index (χ0v) is 20.3. The summed E-state index contributed by atoms with van der Waals surface area (Å²) in [5.41, 5.74) is 3.98. The average Bonchev–Trinajstić information content (AvgIpc) is 3.53. The number of nitrogens with one attached hydrogen (secondary N) is 1. The molecule has 6 rings (SSSR count). The van der Waals surface area contributed by atoms with Crippen molar-refractivity contribution in [2.75, 3.05) is 37.4 Å². The van der Waals surface area contributed by atoms with E-state index < -0.39 is 12.5 Å². The Labute approximate surface area is 204 Å². The number of rotatable bonds is 4. The van der Waals surface area contributed by atoms with Crippen LogP contribution < -0.4 is 10.2 Å². The summed E-state index contributed by atoms with van der Waals surface area (Å²) in [5, 5.41) is 8.83. The van der Waals surface area contributed by atoms with Gasteiger partial charge in [0.2, 0.25) is 5.91 Å². The third-order valence-corrected chi connectivity index (χ3v) is 8.09. The quantitative estimate of drug-likeness (QED) is 0.457. The summed E-state index contributed by atoms with van der Waals surface area (Å²) in [4.78, 5) is 27.3. The number of hydrogen-bond acceptors (Lipinski definition) is 7. The first-order chi connectivity index (χ1) is 16.8. The molecule has 2 aliphatic rings. The van der Waals surface area contributed by atoms with Gasteiger partial charge in [-0.1, -0.05) is 0 Å². The molecule has 35 heavy (non-hydrogen) atoms. The first-order valence-electron chi connectivity index (χ1n) is 11.6. The second kappa shape index (κ2) is 8.11. The number of hydrogen-bond donors (Lipinski definition) is 1. The molecule has 8 nitrogen and oxygen atoms in total. The molecule has 11 heteroatoms. The highest BCUT2D eigenvalue weighted by Gasteiger charge is 2.42. The van der Waals surface area contributed by atoms with Crippen LogP contribution in [0.5, 0.6) is 0 Å². The van der Waals surface area contributed by atoms with Crippen molar-refractivity contribution in [1.82, 2.24) is 24.5 Å². The van der Waals surface area contributed by atoms with Gasteiger partial charge in [0.1, 0.15) is 17.0 Å². The predicted octanol–water partition coefficient (Wildman–Crippen LogP) is 4.12. The normalized spacial score (nSPS) is 19.3. The fourth-order valence-electron chi connectivity index (χ4n) is 5.14. The van der Waals surface area contributed by atoms with Crippen molar-refractivity contribution in [2.24, 2.45) is 5.92 Å². The third-order valence-electron chi connectivity index (χ3n) is 6.92. The summed E-state index contributed by atoms with van der Waals surface area (Å²) < 4.78 is 29.1. The van der Waals surface area contributed by atoms with E-state index >= 15 is 0 Å². The summed E-state index contributed by atoms with van der Waals surface area (Å²) in [5.74, 6) is -2.46. The molecule has 1 atom stereocenters. The van der Waals surface area contributed by atoms with E-state index in [1.165, 1.54) is 4.90 Å². The number of pyridine rings is 1. The molecule has 0 bridgehead atoms. The Morgan fingerprint density at radius 2 is 2.17 bits per heavy atom. The van der Waals surface area contributed by atoms with Gasteiger partial charge in [-0.2, -0.15) is 5.10 Å². The van der Waals surface area contributed by atoms with Crippen molar-refractivity contribution in [1.29, 1.82) is 0 Å². The van der Waals surface area contributed by atoms with Crippen LogP contribution in [0, 0.1) is 5.92 Å². The number of carbonyl (C=O) groups is 1. The lowest BCUT2D eigenvalue weighted by atomic mass is 9.87. The molecule has 1 N–H and O–H groups in total. The maximum Gasteiger partial charge on any atom is 0.267 e. The minimum absolute atomic E-state index is 0.136. The van der Waals surface area contributed by atoms with Crippen molar-refractivity contribution < 1.29 is 13.6 Å². The zero-order chi connectivity index (χ0) is 24.3. The topological polar surface area (TPSA) is 78.7 Å². The number of aryl methyl sites for hydroxylation is 1. The van der Waals surface area contributed by atoms with Gasteiger partial charge in [-0.15, -0.1) is 11.3 Å². The second-order valence-electron chi connectivity index (χ2n) is 9.50. The van der Waals surface area contributed by atoms with Gasteiger partial charge in [-0.25, -0.2) is 23.3 Å².